The third-order valence-electron chi connectivity index (χ3n) is 2.35. The maximum Gasteiger partial charge on any atom is 0.191 e. The van der Waals surface area contributed by atoms with Crippen molar-refractivity contribution >= 4 is 46.4 Å². The average Bonchev–Trinajstić information content (AvgIpc) is 2.44. The molecule has 0 saturated carbocycles. The summed E-state index contributed by atoms with van der Waals surface area (Å²) in [6.07, 6.45) is 0. The number of ether oxygens (including phenoxy) is 2. The summed E-state index contributed by atoms with van der Waals surface area (Å²) < 4.78 is 10.8. The van der Waals surface area contributed by atoms with Crippen LogP contribution in [0.1, 0.15) is 0 Å². The van der Waals surface area contributed by atoms with E-state index in [2.05, 4.69) is 0 Å². The zero-order valence-corrected chi connectivity index (χ0v) is 12.7. The number of methoxy groups -OCH3 is 1. The Morgan fingerprint density at radius 1 is 0.737 bits per heavy atom. The molecule has 0 N–H and O–H groups in total. The maximum atomic E-state index is 6.12. The average molecular weight is 338 g/mol. The van der Waals surface area contributed by atoms with E-state index in [0.717, 1.165) is 0 Å². The van der Waals surface area contributed by atoms with Crippen molar-refractivity contribution in [3.05, 3.63) is 50.4 Å². The molecule has 0 atom stereocenters. The zero-order chi connectivity index (χ0) is 14.0. The van der Waals surface area contributed by atoms with Gasteiger partial charge in [0.15, 0.2) is 11.5 Å². The van der Waals surface area contributed by atoms with Crippen LogP contribution >= 0.6 is 46.4 Å². The first-order valence-electron chi connectivity index (χ1n) is 5.19. The first-order chi connectivity index (χ1) is 9.06. The lowest BCUT2D eigenvalue weighted by Gasteiger charge is -2.15. The summed E-state index contributed by atoms with van der Waals surface area (Å²) in [5, 5.41) is 0.562. The minimum atomic E-state index is 0.125. The monoisotopic (exact) mass is 336 g/mol. The molecule has 6 heteroatoms. The van der Waals surface area contributed by atoms with E-state index in [9.17, 15) is 0 Å². The van der Waals surface area contributed by atoms with Crippen molar-refractivity contribution in [1.82, 2.24) is 0 Å². The van der Waals surface area contributed by atoms with Crippen molar-refractivity contribution in [2.45, 2.75) is 0 Å². The Balaban J connectivity index is 2.56. The first-order valence-corrected chi connectivity index (χ1v) is 6.70. The number of rotatable bonds is 3. The summed E-state index contributed by atoms with van der Waals surface area (Å²) in [7, 11) is 1.44. The van der Waals surface area contributed by atoms with Crippen LogP contribution in [0.4, 0.5) is 0 Å². The van der Waals surface area contributed by atoms with Gasteiger partial charge in [0.25, 0.3) is 0 Å². The largest absolute Gasteiger partial charge is 0.491 e. The quantitative estimate of drug-likeness (QED) is 0.497. The minimum Gasteiger partial charge on any atom is -0.491 e. The fourth-order valence-corrected chi connectivity index (χ4v) is 2.40. The van der Waals surface area contributed by atoms with Crippen molar-refractivity contribution in [2.75, 3.05) is 7.11 Å². The molecule has 0 bridgehead atoms. The molecule has 0 heterocycles. The van der Waals surface area contributed by atoms with Crippen LogP contribution in [0.2, 0.25) is 20.1 Å². The van der Waals surface area contributed by atoms with Crippen LogP contribution in [0.5, 0.6) is 17.2 Å². The second-order valence-electron chi connectivity index (χ2n) is 3.53. The maximum absolute atomic E-state index is 6.12. The van der Waals surface area contributed by atoms with E-state index >= 15 is 0 Å². The predicted octanol–water partition coefficient (Wildman–Crippen LogP) is 6.10. The van der Waals surface area contributed by atoms with Gasteiger partial charge in [-0.2, -0.15) is 0 Å². The van der Waals surface area contributed by atoms with Crippen LogP contribution in [-0.4, -0.2) is 7.11 Å². The van der Waals surface area contributed by atoms with Crippen LogP contribution in [0.15, 0.2) is 30.3 Å². The highest BCUT2D eigenvalue weighted by molar-refractivity contribution is 6.53. The zero-order valence-electron chi connectivity index (χ0n) is 9.72. The van der Waals surface area contributed by atoms with Crippen LogP contribution in [0, 0.1) is 0 Å². The van der Waals surface area contributed by atoms with Gasteiger partial charge in [0.2, 0.25) is 0 Å². The van der Waals surface area contributed by atoms with Crippen molar-refractivity contribution in [3.63, 3.8) is 0 Å². The Kier molecular flexibility index (Phi) is 4.69. The molecule has 0 fully saturated rings. The third-order valence-corrected chi connectivity index (χ3v) is 4.12. The molecule has 2 aromatic rings. The molecule has 0 aliphatic heterocycles. The fraction of sp³-hybridized carbons (Fsp3) is 0.0769. The van der Waals surface area contributed by atoms with Crippen molar-refractivity contribution in [1.29, 1.82) is 0 Å². The van der Waals surface area contributed by atoms with E-state index in [1.54, 1.807) is 12.1 Å². The SMILES string of the molecule is COc1c(Cl)c(Cl)c(Cl)c(Cl)c1Oc1ccccc1. The highest BCUT2D eigenvalue weighted by atomic mass is 35.5. The van der Waals surface area contributed by atoms with E-state index in [1.807, 2.05) is 18.2 Å². The minimum absolute atomic E-state index is 0.125. The van der Waals surface area contributed by atoms with Crippen molar-refractivity contribution < 1.29 is 9.47 Å². The molecule has 0 amide bonds. The molecule has 2 aromatic carbocycles. The van der Waals surface area contributed by atoms with Gasteiger partial charge < -0.3 is 9.47 Å². The van der Waals surface area contributed by atoms with Crippen molar-refractivity contribution in [3.8, 4) is 17.2 Å². The highest BCUT2D eigenvalue weighted by Crippen LogP contribution is 2.51. The number of hydrogen-bond donors (Lipinski definition) is 0. The Bertz CT molecular complexity index is 600. The summed E-state index contributed by atoms with van der Waals surface area (Å²) in [6, 6.07) is 9.07. The van der Waals surface area contributed by atoms with E-state index in [1.165, 1.54) is 7.11 Å². The van der Waals surface area contributed by atoms with Crippen molar-refractivity contribution in [2.24, 2.45) is 0 Å². The lowest BCUT2D eigenvalue weighted by atomic mass is 10.3. The van der Waals surface area contributed by atoms with Gasteiger partial charge in [-0.25, -0.2) is 0 Å². The number of hydrogen-bond acceptors (Lipinski definition) is 2. The number of benzene rings is 2. The molecule has 0 radical (unpaired) electrons. The summed E-state index contributed by atoms with van der Waals surface area (Å²) in [6.45, 7) is 0. The van der Waals surface area contributed by atoms with E-state index in [-0.39, 0.29) is 31.6 Å². The van der Waals surface area contributed by atoms with E-state index in [0.29, 0.717) is 5.75 Å². The summed E-state index contributed by atoms with van der Waals surface area (Å²) in [4.78, 5) is 0. The van der Waals surface area contributed by atoms with Gasteiger partial charge in [0, 0.05) is 0 Å². The first kappa shape index (κ1) is 14.6. The van der Waals surface area contributed by atoms with Gasteiger partial charge in [0.05, 0.1) is 17.2 Å². The smallest absolute Gasteiger partial charge is 0.191 e. The van der Waals surface area contributed by atoms with Crippen LogP contribution in [0.3, 0.4) is 0 Å². The number of halogens is 4. The molecular formula is C13H8Cl4O2. The Morgan fingerprint density at radius 3 is 1.79 bits per heavy atom. The van der Waals surface area contributed by atoms with E-state index in [4.69, 9.17) is 55.9 Å². The van der Waals surface area contributed by atoms with Gasteiger partial charge in [-0.3, -0.25) is 0 Å². The van der Waals surface area contributed by atoms with Crippen LogP contribution in [0.25, 0.3) is 0 Å². The molecule has 2 nitrogen and oxygen atoms in total. The summed E-state index contributed by atoms with van der Waals surface area (Å²) >= 11 is 24.1. The van der Waals surface area contributed by atoms with Gasteiger partial charge in [0.1, 0.15) is 15.8 Å². The standard InChI is InChI=1S/C13H8Cl4O2/c1-18-12-10(16)8(14)9(15)11(17)13(12)19-7-5-3-2-4-6-7/h2-6H,1H3. The molecule has 19 heavy (non-hydrogen) atoms. The molecule has 0 spiro atoms. The van der Waals surface area contributed by atoms with Gasteiger partial charge in [-0.1, -0.05) is 64.6 Å². The predicted molar refractivity (Wildman–Crippen MR) is 79.6 cm³/mol. The lowest BCUT2D eigenvalue weighted by Crippen LogP contribution is -1.94. The Labute approximate surface area is 130 Å². The van der Waals surface area contributed by atoms with Gasteiger partial charge >= 0.3 is 0 Å². The Hall–Kier alpha value is -0.800. The molecule has 2 rings (SSSR count). The number of para-hydroxylation sites is 1. The normalized spacial score (nSPS) is 10.4. The molecular weight excluding hydrogens is 330 g/mol. The second-order valence-corrected chi connectivity index (χ2v) is 5.05. The molecule has 0 aliphatic carbocycles. The second kappa shape index (κ2) is 6.10. The molecule has 0 aromatic heterocycles. The molecule has 100 valence electrons. The molecule has 0 saturated heterocycles. The van der Waals surface area contributed by atoms with Gasteiger partial charge in [-0.05, 0) is 12.1 Å². The lowest BCUT2D eigenvalue weighted by molar-refractivity contribution is 0.379. The third kappa shape index (κ3) is 2.87. The van der Waals surface area contributed by atoms with Gasteiger partial charge in [-0.15, -0.1) is 0 Å². The summed E-state index contributed by atoms with van der Waals surface area (Å²) in [5.41, 5.74) is 0. The summed E-state index contributed by atoms with van der Waals surface area (Å²) in [5.74, 6) is 1.05. The molecule has 0 unspecified atom stereocenters. The Morgan fingerprint density at radius 2 is 1.26 bits per heavy atom. The van der Waals surface area contributed by atoms with E-state index < -0.39 is 0 Å². The van der Waals surface area contributed by atoms with Crippen LogP contribution < -0.4 is 9.47 Å². The topological polar surface area (TPSA) is 18.5 Å². The van der Waals surface area contributed by atoms with Crippen LogP contribution in [-0.2, 0) is 0 Å². The fourth-order valence-electron chi connectivity index (χ4n) is 1.47. The molecule has 0 aliphatic rings. The highest BCUT2D eigenvalue weighted by Gasteiger charge is 2.22.